The Balaban J connectivity index is 2.68. The fourth-order valence-electron chi connectivity index (χ4n) is 1.38. The van der Waals surface area contributed by atoms with E-state index in [9.17, 15) is 15.0 Å². The summed E-state index contributed by atoms with van der Waals surface area (Å²) in [5, 5.41) is 26.7. The molecule has 0 saturated carbocycles. The third-order valence-electron chi connectivity index (χ3n) is 2.39. The number of nitrogens with one attached hydrogen (secondary N) is 1. The van der Waals surface area contributed by atoms with Crippen LogP contribution in [0, 0.1) is 5.41 Å². The summed E-state index contributed by atoms with van der Waals surface area (Å²) in [6.45, 7) is 1.41. The number of nitrogen functional groups attached to an aromatic ring is 1. The van der Waals surface area contributed by atoms with Gasteiger partial charge in [-0.1, -0.05) is 36.0 Å². The smallest absolute Gasteiger partial charge is 0.185 e. The van der Waals surface area contributed by atoms with Crippen molar-refractivity contribution in [2.24, 2.45) is 5.73 Å². The Hall–Kier alpha value is -1.37. The first-order valence-electron chi connectivity index (χ1n) is 5.35. The van der Waals surface area contributed by atoms with Gasteiger partial charge in [0.05, 0.1) is 6.10 Å². The number of carbonyl (C=O) groups excluding carboxylic acids is 1. The van der Waals surface area contributed by atoms with Gasteiger partial charge < -0.3 is 15.9 Å². The minimum atomic E-state index is -1.06. The van der Waals surface area contributed by atoms with Gasteiger partial charge in [0, 0.05) is 18.2 Å². The van der Waals surface area contributed by atoms with Crippen molar-refractivity contribution in [1.29, 1.82) is 5.41 Å². The molecule has 5 nitrogen and oxygen atoms in total. The van der Waals surface area contributed by atoms with Crippen LogP contribution in [0.1, 0.15) is 24.2 Å². The van der Waals surface area contributed by atoms with E-state index in [-0.39, 0.29) is 16.7 Å². The van der Waals surface area contributed by atoms with Gasteiger partial charge in [-0.05, 0) is 5.56 Å². The van der Waals surface area contributed by atoms with Gasteiger partial charge in [-0.25, -0.2) is 0 Å². The molecule has 1 aromatic rings. The van der Waals surface area contributed by atoms with E-state index >= 15 is 0 Å². The summed E-state index contributed by atoms with van der Waals surface area (Å²) >= 11 is 0.967. The summed E-state index contributed by atoms with van der Waals surface area (Å²) < 4.78 is 0. The zero-order chi connectivity index (χ0) is 13.7. The summed E-state index contributed by atoms with van der Waals surface area (Å²) in [7, 11) is 0. The van der Waals surface area contributed by atoms with E-state index in [1.807, 2.05) is 0 Å². The monoisotopic (exact) mass is 268 g/mol. The lowest BCUT2D eigenvalue weighted by Crippen LogP contribution is -2.21. The Morgan fingerprint density at radius 3 is 2.39 bits per heavy atom. The SMILES string of the molecule is CC(=O)SCC(O)C(O)c1ccc(C(=N)N)cc1. The van der Waals surface area contributed by atoms with Crippen LogP contribution in [-0.2, 0) is 4.79 Å². The molecule has 1 aromatic carbocycles. The molecule has 2 atom stereocenters. The molecule has 0 radical (unpaired) electrons. The summed E-state index contributed by atoms with van der Waals surface area (Å²) in [6.07, 6.45) is -2.07. The summed E-state index contributed by atoms with van der Waals surface area (Å²) in [4.78, 5) is 10.8. The van der Waals surface area contributed by atoms with Crippen LogP contribution in [0.25, 0.3) is 0 Å². The number of rotatable bonds is 5. The molecule has 0 aliphatic heterocycles. The van der Waals surface area contributed by atoms with E-state index in [0.29, 0.717) is 11.1 Å². The Kier molecular flexibility index (Phi) is 5.33. The number of hydrogen-bond donors (Lipinski definition) is 4. The minimum Gasteiger partial charge on any atom is -0.389 e. The van der Waals surface area contributed by atoms with Crippen molar-refractivity contribution in [3.05, 3.63) is 35.4 Å². The molecule has 0 spiro atoms. The van der Waals surface area contributed by atoms with E-state index in [2.05, 4.69) is 0 Å². The van der Waals surface area contributed by atoms with E-state index < -0.39 is 12.2 Å². The maximum absolute atomic E-state index is 10.8. The number of hydrogen-bond acceptors (Lipinski definition) is 5. The molecule has 0 saturated heterocycles. The highest BCUT2D eigenvalue weighted by Gasteiger charge is 2.19. The first kappa shape index (κ1) is 14.7. The predicted molar refractivity (Wildman–Crippen MR) is 71.6 cm³/mol. The summed E-state index contributed by atoms with van der Waals surface area (Å²) in [6, 6.07) is 6.41. The van der Waals surface area contributed by atoms with E-state index in [4.69, 9.17) is 11.1 Å². The third kappa shape index (κ3) is 4.14. The lowest BCUT2D eigenvalue weighted by Gasteiger charge is -2.17. The van der Waals surface area contributed by atoms with E-state index in [1.165, 1.54) is 6.92 Å². The van der Waals surface area contributed by atoms with Crippen LogP contribution >= 0.6 is 11.8 Å². The molecule has 98 valence electrons. The minimum absolute atomic E-state index is 0.0521. The van der Waals surface area contributed by atoms with Crippen molar-refractivity contribution in [2.75, 3.05) is 5.75 Å². The topological polar surface area (TPSA) is 107 Å². The van der Waals surface area contributed by atoms with Crippen LogP contribution in [0.3, 0.4) is 0 Å². The van der Waals surface area contributed by atoms with Gasteiger partial charge in [-0.2, -0.15) is 0 Å². The van der Waals surface area contributed by atoms with Crippen molar-refractivity contribution in [3.63, 3.8) is 0 Å². The van der Waals surface area contributed by atoms with Crippen molar-refractivity contribution in [2.45, 2.75) is 19.1 Å². The average molecular weight is 268 g/mol. The zero-order valence-electron chi connectivity index (χ0n) is 9.96. The normalized spacial score (nSPS) is 13.9. The lowest BCUT2D eigenvalue weighted by atomic mass is 10.0. The second-order valence-corrected chi connectivity index (χ2v) is 5.05. The maximum atomic E-state index is 10.8. The Morgan fingerprint density at radius 1 is 1.39 bits per heavy atom. The van der Waals surface area contributed by atoms with Crippen molar-refractivity contribution in [1.82, 2.24) is 0 Å². The lowest BCUT2D eigenvalue weighted by molar-refractivity contribution is -0.109. The van der Waals surface area contributed by atoms with Crippen LogP contribution < -0.4 is 5.73 Å². The van der Waals surface area contributed by atoms with Crippen molar-refractivity contribution in [3.8, 4) is 0 Å². The second kappa shape index (κ2) is 6.53. The van der Waals surface area contributed by atoms with Crippen LogP contribution in [0.2, 0.25) is 0 Å². The number of amidine groups is 1. The molecular formula is C12H16N2O3S. The molecule has 0 aromatic heterocycles. The number of nitrogens with two attached hydrogens (primary N) is 1. The van der Waals surface area contributed by atoms with Gasteiger partial charge in [0.15, 0.2) is 5.12 Å². The van der Waals surface area contributed by atoms with Gasteiger partial charge in [-0.3, -0.25) is 10.2 Å². The van der Waals surface area contributed by atoms with Gasteiger partial charge in [0.2, 0.25) is 0 Å². The quantitative estimate of drug-likeness (QED) is 0.463. The maximum Gasteiger partial charge on any atom is 0.185 e. The molecule has 0 fully saturated rings. The molecule has 2 unspecified atom stereocenters. The number of aliphatic hydroxyl groups excluding tert-OH is 2. The van der Waals surface area contributed by atoms with Crippen LogP contribution in [0.4, 0.5) is 0 Å². The summed E-state index contributed by atoms with van der Waals surface area (Å²) in [5.41, 5.74) is 6.39. The fourth-order valence-corrected chi connectivity index (χ4v) is 1.96. The molecule has 0 aliphatic rings. The molecule has 6 heteroatoms. The highest BCUT2D eigenvalue weighted by Crippen LogP contribution is 2.20. The Morgan fingerprint density at radius 2 is 1.94 bits per heavy atom. The third-order valence-corrected chi connectivity index (χ3v) is 3.30. The first-order valence-corrected chi connectivity index (χ1v) is 6.34. The summed E-state index contributed by atoms with van der Waals surface area (Å²) in [5.74, 6) is 0.0917. The number of aliphatic hydroxyl groups is 2. The number of benzene rings is 1. The van der Waals surface area contributed by atoms with Crippen LogP contribution in [0.15, 0.2) is 24.3 Å². The van der Waals surface area contributed by atoms with Crippen LogP contribution in [-0.4, -0.2) is 33.0 Å². The van der Waals surface area contributed by atoms with Gasteiger partial charge >= 0.3 is 0 Å². The molecule has 0 bridgehead atoms. The highest BCUT2D eigenvalue weighted by molar-refractivity contribution is 8.13. The molecule has 1 rings (SSSR count). The van der Waals surface area contributed by atoms with Gasteiger partial charge in [0.25, 0.3) is 0 Å². The van der Waals surface area contributed by atoms with E-state index in [1.54, 1.807) is 24.3 Å². The molecule has 0 amide bonds. The van der Waals surface area contributed by atoms with Gasteiger partial charge in [-0.15, -0.1) is 0 Å². The standard InChI is InChI=1S/C12H16N2O3S/c1-7(15)18-6-10(16)11(17)8-2-4-9(5-3-8)12(13)14/h2-5,10-11,16-17H,6H2,1H3,(H3,13,14). The van der Waals surface area contributed by atoms with Crippen molar-refractivity contribution >= 4 is 22.7 Å². The van der Waals surface area contributed by atoms with Crippen molar-refractivity contribution < 1.29 is 15.0 Å². The largest absolute Gasteiger partial charge is 0.389 e. The molecule has 0 heterocycles. The van der Waals surface area contributed by atoms with E-state index in [0.717, 1.165) is 11.8 Å². The Bertz CT molecular complexity index is 433. The van der Waals surface area contributed by atoms with Gasteiger partial charge in [0.1, 0.15) is 11.9 Å². The molecule has 0 aliphatic carbocycles. The highest BCUT2D eigenvalue weighted by atomic mass is 32.2. The molecular weight excluding hydrogens is 252 g/mol. The second-order valence-electron chi connectivity index (χ2n) is 3.85. The number of carbonyl (C=O) groups is 1. The van der Waals surface area contributed by atoms with Crippen LogP contribution in [0.5, 0.6) is 0 Å². The predicted octanol–water partition coefficient (Wildman–Crippen LogP) is 0.645. The average Bonchev–Trinajstić information content (AvgIpc) is 2.35. The number of thioether (sulfide) groups is 1. The zero-order valence-corrected chi connectivity index (χ0v) is 10.8. The molecule has 5 N–H and O–H groups in total. The first-order chi connectivity index (χ1) is 8.41. The molecule has 18 heavy (non-hydrogen) atoms. The Labute approximate surface area is 110 Å². The fraction of sp³-hybridized carbons (Fsp3) is 0.333.